The van der Waals surface area contributed by atoms with Gasteiger partial charge < -0.3 is 9.84 Å². The zero-order valence-corrected chi connectivity index (χ0v) is 22.0. The predicted molar refractivity (Wildman–Crippen MR) is 139 cm³/mol. The fraction of sp³-hybridized carbons (Fsp3) is 0.321. The van der Waals surface area contributed by atoms with Crippen LogP contribution in [0.2, 0.25) is 0 Å². The highest BCUT2D eigenvalue weighted by Crippen LogP contribution is 2.49. The highest BCUT2D eigenvalue weighted by molar-refractivity contribution is 7.92. The van der Waals surface area contributed by atoms with Gasteiger partial charge in [-0.2, -0.15) is 0 Å². The van der Waals surface area contributed by atoms with E-state index in [4.69, 9.17) is 4.74 Å². The van der Waals surface area contributed by atoms with Crippen LogP contribution in [-0.4, -0.2) is 25.1 Å². The van der Waals surface area contributed by atoms with Crippen LogP contribution in [0, 0.1) is 26.6 Å². The fourth-order valence-electron chi connectivity index (χ4n) is 4.82. The lowest BCUT2D eigenvalue weighted by atomic mass is 9.81. The number of anilines is 1. The molecule has 0 saturated heterocycles. The number of carbonyl (C=O) groups is 1. The highest BCUT2D eigenvalue weighted by Gasteiger charge is 2.36. The first-order valence-electron chi connectivity index (χ1n) is 11.6. The van der Waals surface area contributed by atoms with Crippen molar-refractivity contribution in [3.05, 3.63) is 76.1 Å². The Morgan fingerprint density at radius 1 is 1.03 bits per heavy atom. The van der Waals surface area contributed by atoms with Crippen molar-refractivity contribution in [3.63, 3.8) is 0 Å². The molecule has 0 radical (unpaired) electrons. The number of fused-ring (bicyclic) bond motifs is 3. The zero-order chi connectivity index (χ0) is 26.6. The summed E-state index contributed by atoms with van der Waals surface area (Å²) in [5.74, 6) is -2.11. The van der Waals surface area contributed by atoms with Gasteiger partial charge >= 0.3 is 5.97 Å². The summed E-state index contributed by atoms with van der Waals surface area (Å²) in [6, 6.07) is 11.8. The number of carboxylic acid groups (broad SMARTS) is 1. The van der Waals surface area contributed by atoms with Crippen LogP contribution in [0.3, 0.4) is 0 Å². The topological polar surface area (TPSA) is 92.7 Å². The first-order chi connectivity index (χ1) is 16.7. The summed E-state index contributed by atoms with van der Waals surface area (Å²) in [5, 5.41) is 10.3. The molecule has 1 aliphatic rings. The van der Waals surface area contributed by atoms with Gasteiger partial charge in [-0.05, 0) is 87.1 Å². The van der Waals surface area contributed by atoms with E-state index in [1.54, 1.807) is 33.8 Å². The van der Waals surface area contributed by atoms with Crippen molar-refractivity contribution < 1.29 is 27.4 Å². The number of aryl methyl sites for hydroxylation is 1. The summed E-state index contributed by atoms with van der Waals surface area (Å²) in [5.41, 5.74) is 5.00. The van der Waals surface area contributed by atoms with Gasteiger partial charge in [0.2, 0.25) is 10.0 Å². The maximum Gasteiger partial charge on any atom is 0.337 e. The van der Waals surface area contributed by atoms with Gasteiger partial charge in [0.05, 0.1) is 17.0 Å². The lowest BCUT2D eigenvalue weighted by Gasteiger charge is -2.31. The Hall–Kier alpha value is -3.23. The van der Waals surface area contributed by atoms with E-state index in [1.165, 1.54) is 12.1 Å². The third-order valence-corrected chi connectivity index (χ3v) is 7.49. The summed E-state index contributed by atoms with van der Waals surface area (Å²) < 4.78 is 48.9. The third kappa shape index (κ3) is 4.88. The SMILES string of the molecule is Cc1ccc(-c2c(C)c3c(c(C)c2[C@H](OC(C)(C)C)C(=O)O)NS(=O)(=O)Cc2cc(F)ccc2-3)cc1. The van der Waals surface area contributed by atoms with Crippen LogP contribution < -0.4 is 4.72 Å². The van der Waals surface area contributed by atoms with Crippen molar-refractivity contribution in [1.29, 1.82) is 0 Å². The summed E-state index contributed by atoms with van der Waals surface area (Å²) in [6.07, 6.45) is -1.36. The van der Waals surface area contributed by atoms with Crippen LogP contribution in [0.25, 0.3) is 22.3 Å². The van der Waals surface area contributed by atoms with Crippen molar-refractivity contribution in [2.45, 2.75) is 59.0 Å². The number of halogens is 1. The Bertz CT molecular complexity index is 1470. The van der Waals surface area contributed by atoms with Crippen LogP contribution in [-0.2, 0) is 25.3 Å². The van der Waals surface area contributed by atoms with E-state index in [0.717, 1.165) is 11.1 Å². The minimum atomic E-state index is -3.89. The first kappa shape index (κ1) is 25.9. The van der Waals surface area contributed by atoms with Gasteiger partial charge in [0.1, 0.15) is 5.82 Å². The van der Waals surface area contributed by atoms with E-state index in [1.807, 2.05) is 38.1 Å². The molecule has 190 valence electrons. The third-order valence-electron chi connectivity index (χ3n) is 6.29. The summed E-state index contributed by atoms with van der Waals surface area (Å²) in [7, 11) is -3.89. The molecule has 2 N–H and O–H groups in total. The lowest BCUT2D eigenvalue weighted by Crippen LogP contribution is -2.29. The van der Waals surface area contributed by atoms with E-state index in [9.17, 15) is 22.7 Å². The van der Waals surface area contributed by atoms with E-state index < -0.39 is 39.3 Å². The van der Waals surface area contributed by atoms with Crippen molar-refractivity contribution in [1.82, 2.24) is 0 Å². The van der Waals surface area contributed by atoms with Gasteiger partial charge in [0.25, 0.3) is 0 Å². The number of aliphatic carboxylic acids is 1. The predicted octanol–water partition coefficient (Wildman–Crippen LogP) is 6.28. The minimum Gasteiger partial charge on any atom is -0.479 e. The lowest BCUT2D eigenvalue weighted by molar-refractivity contribution is -0.160. The van der Waals surface area contributed by atoms with Crippen molar-refractivity contribution in [2.24, 2.45) is 0 Å². The van der Waals surface area contributed by atoms with Gasteiger partial charge in [-0.25, -0.2) is 17.6 Å². The Morgan fingerprint density at radius 3 is 2.25 bits per heavy atom. The van der Waals surface area contributed by atoms with Gasteiger partial charge in [-0.3, -0.25) is 4.72 Å². The molecule has 0 amide bonds. The molecule has 0 saturated carbocycles. The molecule has 0 fully saturated rings. The minimum absolute atomic E-state index is 0.285. The molecule has 0 aliphatic carbocycles. The molecule has 0 bridgehead atoms. The number of rotatable bonds is 4. The molecule has 1 atom stereocenters. The maximum absolute atomic E-state index is 14.1. The Labute approximate surface area is 211 Å². The maximum atomic E-state index is 14.1. The van der Waals surface area contributed by atoms with Crippen LogP contribution in [0.4, 0.5) is 10.1 Å². The molecule has 1 heterocycles. The molecule has 0 unspecified atom stereocenters. The fourth-order valence-corrected chi connectivity index (χ4v) is 6.10. The molecule has 4 rings (SSSR count). The van der Waals surface area contributed by atoms with Crippen LogP contribution in [0.5, 0.6) is 0 Å². The molecule has 0 spiro atoms. The second-order valence-corrected chi connectivity index (χ2v) is 12.0. The van der Waals surface area contributed by atoms with Crippen LogP contribution >= 0.6 is 0 Å². The number of ether oxygens (including phenoxy) is 1. The quantitative estimate of drug-likeness (QED) is 0.430. The second kappa shape index (κ2) is 9.01. The Morgan fingerprint density at radius 2 is 1.67 bits per heavy atom. The molecule has 3 aromatic carbocycles. The molecule has 0 aromatic heterocycles. The van der Waals surface area contributed by atoms with Gasteiger partial charge in [0.15, 0.2) is 6.10 Å². The second-order valence-electron chi connectivity index (χ2n) is 10.3. The Kier molecular flexibility index (Phi) is 6.47. The summed E-state index contributed by atoms with van der Waals surface area (Å²) in [4.78, 5) is 12.6. The average Bonchev–Trinajstić information content (AvgIpc) is 2.87. The summed E-state index contributed by atoms with van der Waals surface area (Å²) in [6.45, 7) is 10.8. The normalized spacial score (nSPS) is 15.3. The number of sulfonamides is 1. The number of nitrogens with one attached hydrogen (secondary N) is 1. The highest BCUT2D eigenvalue weighted by atomic mass is 32.2. The molecule has 1 aliphatic heterocycles. The standard InChI is InChI=1S/C28H30FNO5S/c1-15-7-9-18(10-8-15)22-16(2)23-21-12-11-20(29)13-19(21)14-36(33,34)30-25(23)17(3)24(22)26(27(31)32)35-28(4,5)6/h7-13,26,30H,14H2,1-6H3,(H,31,32)/t26-/m0/s1. The average molecular weight is 512 g/mol. The number of carboxylic acids is 1. The van der Waals surface area contributed by atoms with Gasteiger partial charge in [-0.15, -0.1) is 0 Å². The van der Waals surface area contributed by atoms with E-state index in [2.05, 4.69) is 4.72 Å². The smallest absolute Gasteiger partial charge is 0.337 e. The molecule has 3 aromatic rings. The zero-order valence-electron chi connectivity index (χ0n) is 21.2. The Balaban J connectivity index is 2.18. The molecule has 6 nitrogen and oxygen atoms in total. The van der Waals surface area contributed by atoms with Crippen LogP contribution in [0.15, 0.2) is 42.5 Å². The van der Waals surface area contributed by atoms with Crippen molar-refractivity contribution in [2.75, 3.05) is 4.72 Å². The van der Waals surface area contributed by atoms with Gasteiger partial charge in [0, 0.05) is 11.1 Å². The number of hydrogen-bond donors (Lipinski definition) is 2. The van der Waals surface area contributed by atoms with Gasteiger partial charge in [-0.1, -0.05) is 35.9 Å². The summed E-state index contributed by atoms with van der Waals surface area (Å²) >= 11 is 0. The molecular weight excluding hydrogens is 481 g/mol. The number of benzene rings is 3. The number of hydrogen-bond acceptors (Lipinski definition) is 4. The van der Waals surface area contributed by atoms with E-state index in [0.29, 0.717) is 38.9 Å². The van der Waals surface area contributed by atoms with E-state index >= 15 is 0 Å². The molecular formula is C28H30FNO5S. The molecule has 8 heteroatoms. The van der Waals surface area contributed by atoms with E-state index in [-0.39, 0.29) is 5.69 Å². The van der Waals surface area contributed by atoms with Crippen LogP contribution in [0.1, 0.15) is 54.7 Å². The first-order valence-corrected chi connectivity index (χ1v) is 13.3. The molecule has 36 heavy (non-hydrogen) atoms. The monoisotopic (exact) mass is 511 g/mol. The van der Waals surface area contributed by atoms with Crippen molar-refractivity contribution in [3.8, 4) is 22.3 Å². The van der Waals surface area contributed by atoms with Crippen molar-refractivity contribution >= 4 is 21.7 Å². The largest absolute Gasteiger partial charge is 0.479 e.